The lowest BCUT2D eigenvalue weighted by Crippen LogP contribution is -2.71. The first-order chi connectivity index (χ1) is 7.73. The molecule has 1 heterocycles. The van der Waals surface area contributed by atoms with Crippen molar-refractivity contribution in [1.82, 2.24) is 0 Å². The minimum Gasteiger partial charge on any atom is -0.393 e. The number of fused-ring (bicyclic) bond motifs is 1. The third kappa shape index (κ3) is 1.78. The minimum atomic E-state index is -2.22. The molecule has 7 heteroatoms. The summed E-state index contributed by atoms with van der Waals surface area (Å²) in [6.45, 7) is 2.30. The molecule has 1 aliphatic carbocycles. The van der Waals surface area contributed by atoms with Gasteiger partial charge in [-0.15, -0.1) is 0 Å². The Kier molecular flexibility index (Phi) is 2.98. The van der Waals surface area contributed by atoms with E-state index >= 15 is 0 Å². The molecule has 0 aromatic heterocycles. The highest BCUT2D eigenvalue weighted by atomic mass is 16.8. The van der Waals surface area contributed by atoms with E-state index < -0.39 is 48.5 Å². The van der Waals surface area contributed by atoms with Gasteiger partial charge in [-0.25, -0.2) is 0 Å². The Labute approximate surface area is 98.2 Å². The second kappa shape index (κ2) is 3.86. The number of aliphatic hydroxyl groups excluding tert-OH is 4. The fourth-order valence-electron chi connectivity index (χ4n) is 2.45. The van der Waals surface area contributed by atoms with Crippen molar-refractivity contribution in [1.29, 1.82) is 0 Å². The zero-order valence-electron chi connectivity index (χ0n) is 9.65. The molecule has 0 spiro atoms. The summed E-state index contributed by atoms with van der Waals surface area (Å²) in [4.78, 5) is 0. The van der Waals surface area contributed by atoms with Gasteiger partial charge in [-0.1, -0.05) is 0 Å². The van der Waals surface area contributed by atoms with Crippen molar-refractivity contribution in [3.05, 3.63) is 0 Å². The summed E-state index contributed by atoms with van der Waals surface area (Å²) in [7, 11) is 0. The predicted octanol–water partition coefficient (Wildman–Crippen LogP) is -2.67. The van der Waals surface area contributed by atoms with Gasteiger partial charge < -0.3 is 35.0 Å². The molecule has 0 aromatic rings. The molecule has 0 amide bonds. The molecule has 2 rings (SSSR count). The largest absolute Gasteiger partial charge is 0.393 e. The van der Waals surface area contributed by atoms with Crippen LogP contribution < -0.4 is 0 Å². The van der Waals surface area contributed by atoms with E-state index in [-0.39, 0.29) is 0 Å². The highest BCUT2D eigenvalue weighted by molar-refractivity contribution is 5.11. The lowest BCUT2D eigenvalue weighted by Gasteiger charge is -2.46. The molecule has 2 fully saturated rings. The maximum atomic E-state index is 9.96. The summed E-state index contributed by atoms with van der Waals surface area (Å²) >= 11 is 0. The fraction of sp³-hybridized carbons (Fsp3) is 1.00. The zero-order valence-corrected chi connectivity index (χ0v) is 9.65. The molecule has 7 nitrogen and oxygen atoms in total. The van der Waals surface area contributed by atoms with E-state index in [0.29, 0.717) is 0 Å². The first-order valence-corrected chi connectivity index (χ1v) is 5.46. The van der Waals surface area contributed by atoms with Crippen molar-refractivity contribution in [2.45, 2.75) is 55.8 Å². The quantitative estimate of drug-likeness (QED) is 0.344. The van der Waals surface area contributed by atoms with E-state index in [4.69, 9.17) is 14.6 Å². The molecule has 0 bridgehead atoms. The average Bonchev–Trinajstić information content (AvgIpc) is 2.60. The summed E-state index contributed by atoms with van der Waals surface area (Å²) in [5.41, 5.74) is -2.22. The lowest BCUT2D eigenvalue weighted by molar-refractivity contribution is -0.255. The lowest BCUT2D eigenvalue weighted by atomic mass is 9.75. The van der Waals surface area contributed by atoms with Gasteiger partial charge in [-0.3, -0.25) is 0 Å². The monoisotopic (exact) mass is 250 g/mol. The van der Waals surface area contributed by atoms with Crippen molar-refractivity contribution in [2.24, 2.45) is 0 Å². The van der Waals surface area contributed by atoms with Crippen molar-refractivity contribution >= 4 is 0 Å². The summed E-state index contributed by atoms with van der Waals surface area (Å²) in [6.07, 6.45) is -6.64. The Hall–Kier alpha value is -0.280. The Bertz CT molecular complexity index is 307. The minimum absolute atomic E-state index is 0.889. The first kappa shape index (κ1) is 13.2. The third-order valence-electron chi connectivity index (χ3n) is 3.41. The second-order valence-corrected chi connectivity index (χ2v) is 5.09. The summed E-state index contributed by atoms with van der Waals surface area (Å²) in [5.74, 6) is -1.03. The molecule has 17 heavy (non-hydrogen) atoms. The van der Waals surface area contributed by atoms with Gasteiger partial charge in [0.1, 0.15) is 36.1 Å². The normalized spacial score (nSPS) is 53.5. The van der Waals surface area contributed by atoms with Gasteiger partial charge in [0.15, 0.2) is 5.79 Å². The van der Waals surface area contributed by atoms with Crippen LogP contribution in [0, 0.1) is 0 Å². The Morgan fingerprint density at radius 3 is 2.06 bits per heavy atom. The third-order valence-corrected chi connectivity index (χ3v) is 3.41. The van der Waals surface area contributed by atoms with Gasteiger partial charge in [-0.05, 0) is 13.8 Å². The van der Waals surface area contributed by atoms with Crippen LogP contribution in [0.1, 0.15) is 13.8 Å². The maximum absolute atomic E-state index is 9.96. The number of aliphatic hydroxyl groups is 5. The van der Waals surface area contributed by atoms with Crippen LogP contribution in [0.4, 0.5) is 0 Å². The average molecular weight is 250 g/mol. The van der Waals surface area contributed by atoms with Crippen LogP contribution in [-0.2, 0) is 9.47 Å². The summed E-state index contributed by atoms with van der Waals surface area (Å²) in [6, 6.07) is 0. The number of hydrogen-bond donors (Lipinski definition) is 5. The Balaban J connectivity index is 2.32. The van der Waals surface area contributed by atoms with E-state index in [9.17, 15) is 20.4 Å². The SMILES string of the molecule is CC1(C)O[C@@H]2[C@@H](O)[C@H](O)[C@](O)(CO)[C@@H](O)[C@@H]2O1. The number of ether oxygens (including phenoxy) is 2. The highest BCUT2D eigenvalue weighted by Gasteiger charge is 2.63. The highest BCUT2D eigenvalue weighted by Crippen LogP contribution is 2.41. The van der Waals surface area contributed by atoms with Crippen LogP contribution in [0.2, 0.25) is 0 Å². The van der Waals surface area contributed by atoms with Crippen LogP contribution in [0.5, 0.6) is 0 Å². The Morgan fingerprint density at radius 1 is 1.00 bits per heavy atom. The standard InChI is InChI=1S/C10H18O7/c1-9(2)16-5-4(12)7(13)10(15,3-11)8(14)6(5)17-9/h4-8,11-15H,3H2,1-2H3/t4-,5-,6-,7+,8+,10-/m1/s1. The van der Waals surface area contributed by atoms with Crippen molar-refractivity contribution in [3.8, 4) is 0 Å². The zero-order chi connectivity index (χ0) is 13.0. The van der Waals surface area contributed by atoms with Crippen molar-refractivity contribution in [3.63, 3.8) is 0 Å². The number of rotatable bonds is 1. The molecule has 1 saturated carbocycles. The molecular weight excluding hydrogens is 232 g/mol. The van der Waals surface area contributed by atoms with E-state index in [1.807, 2.05) is 0 Å². The maximum Gasteiger partial charge on any atom is 0.164 e. The van der Waals surface area contributed by atoms with E-state index in [2.05, 4.69) is 0 Å². The van der Waals surface area contributed by atoms with E-state index in [1.54, 1.807) is 13.8 Å². The van der Waals surface area contributed by atoms with Gasteiger partial charge in [0.05, 0.1) is 6.61 Å². The topological polar surface area (TPSA) is 120 Å². The molecule has 0 radical (unpaired) electrons. The van der Waals surface area contributed by atoms with E-state index in [1.165, 1.54) is 0 Å². The van der Waals surface area contributed by atoms with Crippen LogP contribution in [0.3, 0.4) is 0 Å². The van der Waals surface area contributed by atoms with Gasteiger partial charge in [0, 0.05) is 0 Å². The molecule has 6 atom stereocenters. The number of hydrogen-bond acceptors (Lipinski definition) is 7. The molecular formula is C10H18O7. The summed E-state index contributed by atoms with van der Waals surface area (Å²) in [5, 5.41) is 48.5. The van der Waals surface area contributed by atoms with Crippen LogP contribution >= 0.6 is 0 Å². The fourth-order valence-corrected chi connectivity index (χ4v) is 2.45. The molecule has 5 N–H and O–H groups in total. The molecule has 2 aliphatic rings. The predicted molar refractivity (Wildman–Crippen MR) is 53.9 cm³/mol. The van der Waals surface area contributed by atoms with E-state index in [0.717, 1.165) is 0 Å². The Morgan fingerprint density at radius 2 is 1.53 bits per heavy atom. The van der Waals surface area contributed by atoms with Crippen LogP contribution in [-0.4, -0.2) is 74.0 Å². The first-order valence-electron chi connectivity index (χ1n) is 5.46. The molecule has 0 unspecified atom stereocenters. The van der Waals surface area contributed by atoms with Crippen molar-refractivity contribution in [2.75, 3.05) is 6.61 Å². The van der Waals surface area contributed by atoms with Gasteiger partial charge in [0.2, 0.25) is 0 Å². The molecule has 0 aromatic carbocycles. The molecule has 1 aliphatic heterocycles. The summed E-state index contributed by atoms with van der Waals surface area (Å²) < 4.78 is 10.7. The smallest absolute Gasteiger partial charge is 0.164 e. The van der Waals surface area contributed by atoms with Gasteiger partial charge in [-0.2, -0.15) is 0 Å². The molecule has 100 valence electrons. The second-order valence-electron chi connectivity index (χ2n) is 5.09. The van der Waals surface area contributed by atoms with Crippen molar-refractivity contribution < 1.29 is 35.0 Å². The van der Waals surface area contributed by atoms with Gasteiger partial charge in [0.25, 0.3) is 0 Å². The van der Waals surface area contributed by atoms with Crippen LogP contribution in [0.25, 0.3) is 0 Å². The molecule has 1 saturated heterocycles. The van der Waals surface area contributed by atoms with Crippen LogP contribution in [0.15, 0.2) is 0 Å². The van der Waals surface area contributed by atoms with Gasteiger partial charge >= 0.3 is 0 Å².